The zero-order valence-electron chi connectivity index (χ0n) is 16.8. The third-order valence-electron chi connectivity index (χ3n) is 4.66. The molecule has 0 saturated carbocycles. The molecule has 1 heterocycles. The third-order valence-corrected chi connectivity index (χ3v) is 4.66. The molecule has 1 aliphatic rings. The van der Waals surface area contributed by atoms with E-state index in [0.29, 0.717) is 19.5 Å². The maximum Gasteiger partial charge on any atom is 0.401 e. The summed E-state index contributed by atoms with van der Waals surface area (Å²) in [4.78, 5) is 10.1. The minimum atomic E-state index is -4.15. The predicted octanol–water partition coefficient (Wildman–Crippen LogP) is 2.28. The van der Waals surface area contributed by atoms with Crippen LogP contribution in [0.25, 0.3) is 0 Å². The first-order valence-electron chi connectivity index (χ1n) is 9.42. The fourth-order valence-corrected chi connectivity index (χ4v) is 3.25. The van der Waals surface area contributed by atoms with Gasteiger partial charge in [0.05, 0.1) is 13.7 Å². The van der Waals surface area contributed by atoms with Gasteiger partial charge in [-0.2, -0.15) is 13.2 Å². The Morgan fingerprint density at radius 1 is 1.25 bits per heavy atom. The van der Waals surface area contributed by atoms with E-state index >= 15 is 0 Å². The number of nitrogens with zero attached hydrogens (tertiary/aromatic N) is 4. The van der Waals surface area contributed by atoms with Gasteiger partial charge >= 0.3 is 6.18 Å². The summed E-state index contributed by atoms with van der Waals surface area (Å²) in [7, 11) is 4.88. The van der Waals surface area contributed by atoms with E-state index in [0.717, 1.165) is 43.6 Å². The van der Waals surface area contributed by atoms with Gasteiger partial charge in [-0.1, -0.05) is 6.07 Å². The fourth-order valence-electron chi connectivity index (χ4n) is 3.25. The Morgan fingerprint density at radius 3 is 2.57 bits per heavy atom. The number of hydrogen-bond acceptors (Lipinski definition) is 4. The second kappa shape index (κ2) is 10.4. The maximum absolute atomic E-state index is 12.3. The SMILES string of the molecule is CN=C(NCCCN(C)CC(F)(F)F)N1CCN(c2cccc(OC)c2)CC1. The Balaban J connectivity index is 1.74. The molecule has 1 aromatic rings. The molecule has 0 radical (unpaired) electrons. The molecule has 2 rings (SSSR count). The molecular weight excluding hydrogens is 371 g/mol. The number of rotatable bonds is 7. The molecule has 0 bridgehead atoms. The largest absolute Gasteiger partial charge is 0.497 e. The summed E-state index contributed by atoms with van der Waals surface area (Å²) in [5, 5.41) is 3.26. The monoisotopic (exact) mass is 401 g/mol. The van der Waals surface area contributed by atoms with Crippen molar-refractivity contribution in [2.45, 2.75) is 12.6 Å². The van der Waals surface area contributed by atoms with Crippen molar-refractivity contribution < 1.29 is 17.9 Å². The molecule has 0 atom stereocenters. The van der Waals surface area contributed by atoms with Gasteiger partial charge in [0, 0.05) is 51.5 Å². The lowest BCUT2D eigenvalue weighted by molar-refractivity contribution is -0.143. The molecule has 6 nitrogen and oxygen atoms in total. The van der Waals surface area contributed by atoms with E-state index in [1.807, 2.05) is 18.2 Å². The second-order valence-electron chi connectivity index (χ2n) is 6.86. The van der Waals surface area contributed by atoms with E-state index in [4.69, 9.17) is 4.74 Å². The highest BCUT2D eigenvalue weighted by Gasteiger charge is 2.28. The van der Waals surface area contributed by atoms with Crippen LogP contribution in [0.1, 0.15) is 6.42 Å². The number of anilines is 1. The maximum atomic E-state index is 12.3. The van der Waals surface area contributed by atoms with Crippen LogP contribution in [-0.2, 0) is 0 Å². The number of nitrogens with one attached hydrogen (secondary N) is 1. The van der Waals surface area contributed by atoms with Crippen LogP contribution in [-0.4, -0.2) is 89.0 Å². The lowest BCUT2D eigenvalue weighted by Crippen LogP contribution is -2.52. The van der Waals surface area contributed by atoms with E-state index in [9.17, 15) is 13.2 Å². The first-order chi connectivity index (χ1) is 13.3. The molecule has 1 aromatic carbocycles. The number of piperazine rings is 1. The van der Waals surface area contributed by atoms with Crippen molar-refractivity contribution in [2.75, 3.05) is 71.9 Å². The zero-order valence-corrected chi connectivity index (χ0v) is 16.8. The van der Waals surface area contributed by atoms with Gasteiger partial charge in [-0.05, 0) is 32.1 Å². The van der Waals surface area contributed by atoms with Crippen molar-refractivity contribution >= 4 is 11.6 Å². The van der Waals surface area contributed by atoms with E-state index in [2.05, 4.69) is 26.2 Å². The number of aliphatic imine (C=N–C) groups is 1. The normalized spacial score (nSPS) is 15.9. The highest BCUT2D eigenvalue weighted by atomic mass is 19.4. The highest BCUT2D eigenvalue weighted by Crippen LogP contribution is 2.22. The molecular formula is C19H30F3N5O. The summed E-state index contributed by atoms with van der Waals surface area (Å²) in [6.45, 7) is 3.46. The minimum Gasteiger partial charge on any atom is -0.497 e. The topological polar surface area (TPSA) is 43.3 Å². The van der Waals surface area contributed by atoms with Crippen molar-refractivity contribution in [3.05, 3.63) is 24.3 Å². The lowest BCUT2D eigenvalue weighted by Gasteiger charge is -2.37. The van der Waals surface area contributed by atoms with Gasteiger partial charge in [0.15, 0.2) is 5.96 Å². The number of halogens is 3. The molecule has 1 aliphatic heterocycles. The van der Waals surface area contributed by atoms with Crippen LogP contribution < -0.4 is 15.0 Å². The molecule has 1 fully saturated rings. The molecule has 0 aromatic heterocycles. The molecule has 28 heavy (non-hydrogen) atoms. The molecule has 158 valence electrons. The highest BCUT2D eigenvalue weighted by molar-refractivity contribution is 5.80. The Bertz CT molecular complexity index is 630. The van der Waals surface area contributed by atoms with Crippen molar-refractivity contribution in [3.63, 3.8) is 0 Å². The number of methoxy groups -OCH3 is 1. The Labute approximate surface area is 165 Å². The van der Waals surface area contributed by atoms with Gasteiger partial charge in [-0.3, -0.25) is 9.89 Å². The molecule has 0 amide bonds. The minimum absolute atomic E-state index is 0.382. The number of benzene rings is 1. The zero-order chi connectivity index (χ0) is 20.6. The summed E-state index contributed by atoms with van der Waals surface area (Å²) < 4.78 is 42.3. The molecule has 0 spiro atoms. The van der Waals surface area contributed by atoms with E-state index in [-0.39, 0.29) is 0 Å². The van der Waals surface area contributed by atoms with Gasteiger partial charge < -0.3 is 19.9 Å². The van der Waals surface area contributed by atoms with Crippen molar-refractivity contribution in [3.8, 4) is 5.75 Å². The molecule has 1 N–H and O–H groups in total. The number of guanidine groups is 1. The summed E-state index contributed by atoms with van der Waals surface area (Å²) >= 11 is 0. The van der Waals surface area contributed by atoms with Gasteiger partial charge in [0.2, 0.25) is 0 Å². The van der Waals surface area contributed by atoms with Gasteiger partial charge in [0.1, 0.15) is 5.75 Å². The second-order valence-corrected chi connectivity index (χ2v) is 6.86. The van der Waals surface area contributed by atoms with Gasteiger partial charge in [-0.15, -0.1) is 0 Å². The van der Waals surface area contributed by atoms with Gasteiger partial charge in [0.25, 0.3) is 0 Å². The number of hydrogen-bond donors (Lipinski definition) is 1. The standard InChI is InChI=1S/C19H30F3N5O/c1-23-18(24-8-5-9-25(2)15-19(20,21)22)27-12-10-26(11-13-27)16-6-4-7-17(14-16)28-3/h4,6-7,14H,5,8-13,15H2,1-3H3,(H,23,24). The average Bonchev–Trinajstić information content (AvgIpc) is 2.67. The first-order valence-corrected chi connectivity index (χ1v) is 9.42. The van der Waals surface area contributed by atoms with E-state index in [1.54, 1.807) is 14.2 Å². The summed E-state index contributed by atoms with van der Waals surface area (Å²) in [5.74, 6) is 1.64. The summed E-state index contributed by atoms with van der Waals surface area (Å²) in [5.41, 5.74) is 1.13. The molecule has 0 aliphatic carbocycles. The van der Waals surface area contributed by atoms with Crippen LogP contribution in [0.3, 0.4) is 0 Å². The van der Waals surface area contributed by atoms with Crippen LogP contribution >= 0.6 is 0 Å². The Hall–Kier alpha value is -2.16. The Kier molecular flexibility index (Phi) is 8.22. The third kappa shape index (κ3) is 7.10. The number of ether oxygens (including phenoxy) is 1. The average molecular weight is 401 g/mol. The quantitative estimate of drug-likeness (QED) is 0.431. The van der Waals surface area contributed by atoms with Crippen molar-refractivity contribution in [1.29, 1.82) is 0 Å². The summed E-state index contributed by atoms with van der Waals surface area (Å²) in [6, 6.07) is 8.01. The van der Waals surface area contributed by atoms with E-state index < -0.39 is 12.7 Å². The molecule has 1 saturated heterocycles. The van der Waals surface area contributed by atoms with Crippen molar-refractivity contribution in [2.24, 2.45) is 4.99 Å². The smallest absolute Gasteiger partial charge is 0.401 e. The van der Waals surface area contributed by atoms with Crippen LogP contribution in [0.4, 0.5) is 18.9 Å². The van der Waals surface area contributed by atoms with Crippen molar-refractivity contribution in [1.82, 2.24) is 15.1 Å². The Morgan fingerprint density at radius 2 is 1.96 bits per heavy atom. The number of alkyl halides is 3. The van der Waals surface area contributed by atoms with Crippen LogP contribution in [0.2, 0.25) is 0 Å². The summed E-state index contributed by atoms with van der Waals surface area (Å²) in [6.07, 6.45) is -3.53. The fraction of sp³-hybridized carbons (Fsp3) is 0.632. The van der Waals surface area contributed by atoms with E-state index in [1.165, 1.54) is 11.9 Å². The van der Waals surface area contributed by atoms with Crippen LogP contribution in [0.15, 0.2) is 29.3 Å². The first kappa shape index (κ1) is 22.1. The lowest BCUT2D eigenvalue weighted by atomic mass is 10.2. The molecule has 0 unspecified atom stereocenters. The van der Waals surface area contributed by atoms with Crippen LogP contribution in [0, 0.1) is 0 Å². The predicted molar refractivity (Wildman–Crippen MR) is 106 cm³/mol. The molecule has 9 heteroatoms. The van der Waals surface area contributed by atoms with Gasteiger partial charge in [-0.25, -0.2) is 0 Å². The van der Waals surface area contributed by atoms with Crippen LogP contribution in [0.5, 0.6) is 5.75 Å².